The molecular formula is C19H27O2-. The highest BCUT2D eigenvalue weighted by Crippen LogP contribution is 2.31. The van der Waals surface area contributed by atoms with Crippen LogP contribution < -0.4 is 9.47 Å². The first-order chi connectivity index (χ1) is 10.3. The molecule has 0 bridgehead atoms. The van der Waals surface area contributed by atoms with Gasteiger partial charge in [-0.1, -0.05) is 18.9 Å². The maximum Gasteiger partial charge on any atom is 0.0987 e. The molecule has 0 saturated heterocycles. The fourth-order valence-electron chi connectivity index (χ4n) is 3.46. The van der Waals surface area contributed by atoms with Gasteiger partial charge < -0.3 is 9.47 Å². The Morgan fingerprint density at radius 2 is 1.33 bits per heavy atom. The van der Waals surface area contributed by atoms with Crippen LogP contribution in [0.3, 0.4) is 0 Å². The lowest BCUT2D eigenvalue weighted by Crippen LogP contribution is -2.21. The van der Waals surface area contributed by atoms with Gasteiger partial charge in [-0.25, -0.2) is 0 Å². The van der Waals surface area contributed by atoms with Crippen LogP contribution in [0.1, 0.15) is 69.8 Å². The van der Waals surface area contributed by atoms with Crippen LogP contribution in [0.25, 0.3) is 0 Å². The van der Waals surface area contributed by atoms with Gasteiger partial charge in [0.15, 0.2) is 0 Å². The lowest BCUT2D eigenvalue weighted by Gasteiger charge is -2.29. The van der Waals surface area contributed by atoms with E-state index in [1.807, 2.05) is 18.2 Å². The molecule has 21 heavy (non-hydrogen) atoms. The second-order valence-electron chi connectivity index (χ2n) is 6.53. The third-order valence-corrected chi connectivity index (χ3v) is 4.74. The van der Waals surface area contributed by atoms with Crippen LogP contribution in [-0.2, 0) is 0 Å². The molecule has 2 nitrogen and oxygen atoms in total. The molecule has 0 radical (unpaired) electrons. The third kappa shape index (κ3) is 4.09. The van der Waals surface area contributed by atoms with E-state index >= 15 is 0 Å². The molecule has 0 aliphatic heterocycles. The first-order valence-corrected chi connectivity index (χ1v) is 8.60. The van der Waals surface area contributed by atoms with E-state index in [0.29, 0.717) is 12.2 Å². The smallest absolute Gasteiger partial charge is 0.0987 e. The Labute approximate surface area is 128 Å². The molecule has 0 N–H and O–H groups in total. The largest absolute Gasteiger partial charge is 0.547 e. The fourth-order valence-corrected chi connectivity index (χ4v) is 3.46. The first kappa shape index (κ1) is 14.6. The summed E-state index contributed by atoms with van der Waals surface area (Å²) in [7, 11) is 0. The van der Waals surface area contributed by atoms with E-state index in [9.17, 15) is 0 Å². The number of benzene rings is 1. The molecule has 2 heteroatoms. The number of rotatable bonds is 4. The molecule has 0 unspecified atom stereocenters. The van der Waals surface area contributed by atoms with Crippen molar-refractivity contribution in [3.63, 3.8) is 0 Å². The highest BCUT2D eigenvalue weighted by Gasteiger charge is 2.16. The number of ether oxygens (including phenoxy) is 2. The van der Waals surface area contributed by atoms with Gasteiger partial charge in [0.1, 0.15) is 0 Å². The second kappa shape index (κ2) is 7.11. The van der Waals surface area contributed by atoms with Crippen molar-refractivity contribution in [2.75, 3.05) is 0 Å². The molecule has 116 valence electrons. The van der Waals surface area contributed by atoms with E-state index in [0.717, 1.165) is 17.1 Å². The van der Waals surface area contributed by atoms with Gasteiger partial charge in [-0.05, 0) is 57.4 Å². The van der Waals surface area contributed by atoms with Crippen LogP contribution in [0.5, 0.6) is 11.5 Å². The lowest BCUT2D eigenvalue weighted by atomic mass is 9.97. The minimum absolute atomic E-state index is 0.365. The normalized spacial score (nSPS) is 21.1. The van der Waals surface area contributed by atoms with Crippen LogP contribution >= 0.6 is 0 Å². The van der Waals surface area contributed by atoms with Crippen molar-refractivity contribution in [3.8, 4) is 11.5 Å². The Bertz CT molecular complexity index is 443. The standard InChI is InChI=1S/C19H27O2/c1-15-12-13-18(20-16-8-4-2-5-9-16)14-19(15)21-17-10-6-3-7-11-17/h12-14,16-17H,1-11H2/q-1. The van der Waals surface area contributed by atoms with Crippen molar-refractivity contribution in [2.24, 2.45) is 0 Å². The van der Waals surface area contributed by atoms with Crippen molar-refractivity contribution >= 4 is 0 Å². The Hall–Kier alpha value is -1.31. The molecule has 0 amide bonds. The molecular weight excluding hydrogens is 260 g/mol. The molecule has 0 heterocycles. The summed E-state index contributed by atoms with van der Waals surface area (Å²) >= 11 is 0. The first-order valence-electron chi connectivity index (χ1n) is 8.60. The molecule has 3 rings (SSSR count). The van der Waals surface area contributed by atoms with Crippen molar-refractivity contribution in [3.05, 3.63) is 30.7 Å². The molecule has 0 aromatic heterocycles. The summed E-state index contributed by atoms with van der Waals surface area (Å²) in [4.78, 5) is 0. The average Bonchev–Trinajstić information content (AvgIpc) is 2.53. The molecule has 0 atom stereocenters. The van der Waals surface area contributed by atoms with E-state index in [1.54, 1.807) is 0 Å². The minimum atomic E-state index is 0.365. The monoisotopic (exact) mass is 287 g/mol. The summed E-state index contributed by atoms with van der Waals surface area (Å²) in [6.45, 7) is 4.09. The summed E-state index contributed by atoms with van der Waals surface area (Å²) < 4.78 is 12.3. The summed E-state index contributed by atoms with van der Waals surface area (Å²) in [6.07, 6.45) is 13.3. The van der Waals surface area contributed by atoms with Gasteiger partial charge in [0.05, 0.1) is 18.0 Å². The number of hydrogen-bond donors (Lipinski definition) is 0. The highest BCUT2D eigenvalue weighted by molar-refractivity contribution is 5.42. The van der Waals surface area contributed by atoms with Crippen LogP contribution in [0.4, 0.5) is 0 Å². The Morgan fingerprint density at radius 1 is 0.762 bits per heavy atom. The lowest BCUT2D eigenvalue weighted by molar-refractivity contribution is 0.145. The van der Waals surface area contributed by atoms with Crippen molar-refractivity contribution in [2.45, 2.75) is 76.4 Å². The van der Waals surface area contributed by atoms with Crippen molar-refractivity contribution < 1.29 is 9.47 Å². The summed E-state index contributed by atoms with van der Waals surface area (Å²) in [5, 5.41) is 0. The molecule has 2 aliphatic rings. The second-order valence-corrected chi connectivity index (χ2v) is 6.53. The van der Waals surface area contributed by atoms with Gasteiger partial charge in [0.25, 0.3) is 0 Å². The average molecular weight is 287 g/mol. The van der Waals surface area contributed by atoms with Crippen LogP contribution in [0, 0.1) is 6.92 Å². The van der Waals surface area contributed by atoms with Crippen LogP contribution in [-0.4, -0.2) is 12.2 Å². The maximum absolute atomic E-state index is 6.17. The Kier molecular flexibility index (Phi) is 4.95. The van der Waals surface area contributed by atoms with Crippen molar-refractivity contribution in [1.29, 1.82) is 0 Å². The van der Waals surface area contributed by atoms with Crippen LogP contribution in [0.2, 0.25) is 0 Å². The topological polar surface area (TPSA) is 18.5 Å². The molecule has 2 fully saturated rings. The predicted molar refractivity (Wildman–Crippen MR) is 85.9 cm³/mol. The minimum Gasteiger partial charge on any atom is -0.547 e. The zero-order chi connectivity index (χ0) is 14.5. The quantitative estimate of drug-likeness (QED) is 0.700. The van der Waals surface area contributed by atoms with Gasteiger partial charge >= 0.3 is 0 Å². The summed E-state index contributed by atoms with van der Waals surface area (Å²) in [6, 6.07) is 6.10. The van der Waals surface area contributed by atoms with Gasteiger partial charge in [0.2, 0.25) is 0 Å². The van der Waals surface area contributed by atoms with Crippen LogP contribution in [0.15, 0.2) is 18.2 Å². The molecule has 1 aromatic carbocycles. The fraction of sp³-hybridized carbons (Fsp3) is 0.632. The van der Waals surface area contributed by atoms with Crippen molar-refractivity contribution in [1.82, 2.24) is 0 Å². The molecule has 0 spiro atoms. The van der Waals surface area contributed by atoms with Gasteiger partial charge in [-0.2, -0.15) is 18.6 Å². The molecule has 2 aliphatic carbocycles. The van der Waals surface area contributed by atoms with Gasteiger partial charge in [0, 0.05) is 5.75 Å². The third-order valence-electron chi connectivity index (χ3n) is 4.74. The predicted octanol–water partition coefficient (Wildman–Crippen LogP) is 5.29. The van der Waals surface area contributed by atoms with Gasteiger partial charge in [-0.15, -0.1) is 0 Å². The zero-order valence-electron chi connectivity index (χ0n) is 13.0. The van der Waals surface area contributed by atoms with E-state index in [4.69, 9.17) is 9.47 Å². The SMILES string of the molecule is [CH2-]c1ccc(OC2CCCCC2)cc1OC1CCCCC1. The van der Waals surface area contributed by atoms with E-state index < -0.39 is 0 Å². The highest BCUT2D eigenvalue weighted by atomic mass is 16.5. The zero-order valence-corrected chi connectivity index (χ0v) is 13.0. The summed E-state index contributed by atoms with van der Waals surface area (Å²) in [5.74, 6) is 1.86. The molecule has 1 aromatic rings. The summed E-state index contributed by atoms with van der Waals surface area (Å²) in [5.41, 5.74) is 0.969. The molecule has 2 saturated carbocycles. The van der Waals surface area contributed by atoms with E-state index in [-0.39, 0.29) is 0 Å². The van der Waals surface area contributed by atoms with E-state index in [1.165, 1.54) is 64.2 Å². The Balaban J connectivity index is 1.63. The maximum atomic E-state index is 6.17. The van der Waals surface area contributed by atoms with Gasteiger partial charge in [-0.3, -0.25) is 0 Å². The van der Waals surface area contributed by atoms with E-state index in [2.05, 4.69) is 6.92 Å². The Morgan fingerprint density at radius 3 is 1.95 bits per heavy atom. The number of hydrogen-bond acceptors (Lipinski definition) is 2.